The molecule has 0 radical (unpaired) electrons. The van der Waals surface area contributed by atoms with Crippen LogP contribution < -0.4 is 14.9 Å². The quantitative estimate of drug-likeness (QED) is 0.589. The first-order valence-corrected chi connectivity index (χ1v) is 9.86. The van der Waals surface area contributed by atoms with Gasteiger partial charge >= 0.3 is 0 Å². The second-order valence-corrected chi connectivity index (χ2v) is 7.98. The molecule has 0 unspecified atom stereocenters. The van der Waals surface area contributed by atoms with E-state index in [-0.39, 0.29) is 4.32 Å². The maximum atomic E-state index is 12.7. The van der Waals surface area contributed by atoms with Crippen molar-refractivity contribution in [3.63, 3.8) is 0 Å². The summed E-state index contributed by atoms with van der Waals surface area (Å²) < 4.78 is 11.3. The van der Waals surface area contributed by atoms with Crippen molar-refractivity contribution in [2.75, 3.05) is 13.2 Å². The molecule has 142 valence electrons. The third kappa shape index (κ3) is 3.84. The van der Waals surface area contributed by atoms with Crippen LogP contribution in [0, 0.1) is 0 Å². The number of halogens is 1. The van der Waals surface area contributed by atoms with Gasteiger partial charge in [-0.3, -0.25) is 15.0 Å². The summed E-state index contributed by atoms with van der Waals surface area (Å²) >= 11 is 12.2. The molecule has 0 spiro atoms. The van der Waals surface area contributed by atoms with Crippen LogP contribution in [0.25, 0.3) is 6.08 Å². The van der Waals surface area contributed by atoms with Gasteiger partial charge in [0.25, 0.3) is 11.8 Å². The largest absolute Gasteiger partial charge is 0.486 e. The Morgan fingerprint density at radius 1 is 1.14 bits per heavy atom. The Kier molecular flexibility index (Phi) is 5.25. The van der Waals surface area contributed by atoms with Gasteiger partial charge in [-0.15, -0.1) is 0 Å². The van der Waals surface area contributed by atoms with Gasteiger partial charge in [-0.25, -0.2) is 0 Å². The highest BCUT2D eigenvalue weighted by atomic mass is 35.5. The first kappa shape index (κ1) is 18.8. The van der Waals surface area contributed by atoms with Gasteiger partial charge in [0, 0.05) is 10.6 Å². The molecule has 9 heteroatoms. The smallest absolute Gasteiger partial charge is 0.285 e. The number of thioether (sulfide) groups is 1. The molecular weight excluding hydrogens is 420 g/mol. The lowest BCUT2D eigenvalue weighted by Gasteiger charge is -2.18. The summed E-state index contributed by atoms with van der Waals surface area (Å²) in [6, 6.07) is 11.8. The molecule has 2 amide bonds. The zero-order chi connectivity index (χ0) is 19.7. The zero-order valence-electron chi connectivity index (χ0n) is 14.3. The van der Waals surface area contributed by atoms with Crippen molar-refractivity contribution in [1.29, 1.82) is 0 Å². The third-order valence-corrected chi connectivity index (χ3v) is 5.53. The summed E-state index contributed by atoms with van der Waals surface area (Å²) in [5.74, 6) is 0.457. The average molecular weight is 433 g/mol. The van der Waals surface area contributed by atoms with Crippen molar-refractivity contribution in [2.24, 2.45) is 0 Å². The highest BCUT2D eigenvalue weighted by Crippen LogP contribution is 2.35. The molecule has 28 heavy (non-hydrogen) atoms. The predicted molar refractivity (Wildman–Crippen MR) is 111 cm³/mol. The molecule has 0 saturated carbocycles. The van der Waals surface area contributed by atoms with Gasteiger partial charge in [-0.2, -0.15) is 5.01 Å². The molecule has 2 heterocycles. The lowest BCUT2D eigenvalue weighted by molar-refractivity contribution is -0.123. The zero-order valence-corrected chi connectivity index (χ0v) is 16.7. The summed E-state index contributed by atoms with van der Waals surface area (Å²) in [4.78, 5) is 25.5. The maximum absolute atomic E-state index is 12.7. The van der Waals surface area contributed by atoms with Crippen molar-refractivity contribution in [3.8, 4) is 11.5 Å². The second kappa shape index (κ2) is 7.83. The summed E-state index contributed by atoms with van der Waals surface area (Å²) in [6.07, 6.45) is 1.70. The number of ether oxygens (including phenoxy) is 2. The fraction of sp³-hybridized carbons (Fsp3) is 0.105. The Hall–Kier alpha value is -2.55. The number of hydrogen-bond donors (Lipinski definition) is 1. The number of amides is 2. The van der Waals surface area contributed by atoms with Crippen LogP contribution in [0.5, 0.6) is 11.5 Å². The Morgan fingerprint density at radius 3 is 2.61 bits per heavy atom. The molecule has 1 N–H and O–H groups in total. The SMILES string of the molecule is O=C(NN1C(=O)/C(=C/c2ccc3c(c2)OCCO3)SC1=S)c1ccc(Cl)cc1. The van der Waals surface area contributed by atoms with Crippen LogP contribution in [0.3, 0.4) is 0 Å². The minimum atomic E-state index is -0.450. The van der Waals surface area contributed by atoms with Crippen molar-refractivity contribution >= 4 is 57.8 Å². The number of benzene rings is 2. The molecule has 0 bridgehead atoms. The second-order valence-electron chi connectivity index (χ2n) is 5.87. The van der Waals surface area contributed by atoms with E-state index in [0.29, 0.717) is 40.2 Å². The normalized spacial score (nSPS) is 17.2. The fourth-order valence-corrected chi connectivity index (χ4v) is 3.94. The van der Waals surface area contributed by atoms with Crippen molar-refractivity contribution < 1.29 is 19.1 Å². The van der Waals surface area contributed by atoms with Crippen LogP contribution in [0.4, 0.5) is 0 Å². The molecule has 2 aromatic rings. The number of thiocarbonyl (C=S) groups is 1. The van der Waals surface area contributed by atoms with Crippen LogP contribution in [-0.4, -0.2) is 34.4 Å². The van der Waals surface area contributed by atoms with E-state index in [1.54, 1.807) is 42.5 Å². The first-order valence-electron chi connectivity index (χ1n) is 8.25. The summed E-state index contributed by atoms with van der Waals surface area (Å²) in [7, 11) is 0. The van der Waals surface area contributed by atoms with E-state index >= 15 is 0 Å². The van der Waals surface area contributed by atoms with Gasteiger partial charge in [-0.05, 0) is 60.3 Å². The number of nitrogens with zero attached hydrogens (tertiary/aromatic N) is 1. The maximum Gasteiger partial charge on any atom is 0.285 e. The van der Waals surface area contributed by atoms with Gasteiger partial charge in [0.1, 0.15) is 13.2 Å². The number of hydrazine groups is 1. The first-order chi connectivity index (χ1) is 13.5. The molecule has 1 saturated heterocycles. The molecule has 4 rings (SSSR count). The minimum Gasteiger partial charge on any atom is -0.486 e. The molecule has 2 aromatic carbocycles. The highest BCUT2D eigenvalue weighted by molar-refractivity contribution is 8.26. The fourth-order valence-electron chi connectivity index (χ4n) is 2.63. The molecular formula is C19H13ClN2O4S2. The molecule has 0 aromatic heterocycles. The summed E-state index contributed by atoms with van der Waals surface area (Å²) in [5.41, 5.74) is 3.68. The van der Waals surface area contributed by atoms with Crippen LogP contribution in [0.15, 0.2) is 47.4 Å². The van der Waals surface area contributed by atoms with Gasteiger partial charge in [0.15, 0.2) is 15.8 Å². The minimum absolute atomic E-state index is 0.246. The van der Waals surface area contributed by atoms with Gasteiger partial charge in [0.05, 0.1) is 4.91 Å². The van der Waals surface area contributed by atoms with E-state index in [1.165, 1.54) is 0 Å². The summed E-state index contributed by atoms with van der Waals surface area (Å²) in [6.45, 7) is 0.994. The number of nitrogens with one attached hydrogen (secondary N) is 1. The van der Waals surface area contributed by atoms with E-state index in [2.05, 4.69) is 5.43 Å². The van der Waals surface area contributed by atoms with Crippen LogP contribution in [-0.2, 0) is 4.79 Å². The molecule has 0 atom stereocenters. The van der Waals surface area contributed by atoms with Crippen molar-refractivity contribution in [1.82, 2.24) is 10.4 Å². The highest BCUT2D eigenvalue weighted by Gasteiger charge is 2.33. The molecule has 6 nitrogen and oxygen atoms in total. The number of fused-ring (bicyclic) bond motifs is 1. The Balaban J connectivity index is 1.51. The van der Waals surface area contributed by atoms with Gasteiger partial charge < -0.3 is 9.47 Å². The van der Waals surface area contributed by atoms with Crippen LogP contribution in [0.1, 0.15) is 15.9 Å². The monoisotopic (exact) mass is 432 g/mol. The van der Waals surface area contributed by atoms with Gasteiger partial charge in [0.2, 0.25) is 0 Å². The molecule has 1 fully saturated rings. The lowest BCUT2D eigenvalue weighted by atomic mass is 10.1. The van der Waals surface area contributed by atoms with E-state index in [4.69, 9.17) is 33.3 Å². The Labute approximate surface area is 175 Å². The lowest BCUT2D eigenvalue weighted by Crippen LogP contribution is -2.44. The Morgan fingerprint density at radius 2 is 1.86 bits per heavy atom. The van der Waals surface area contributed by atoms with Crippen LogP contribution in [0.2, 0.25) is 5.02 Å². The number of carbonyl (C=O) groups is 2. The molecule has 0 aliphatic carbocycles. The van der Waals surface area contributed by atoms with Crippen molar-refractivity contribution in [2.45, 2.75) is 0 Å². The van der Waals surface area contributed by atoms with Crippen molar-refractivity contribution in [3.05, 3.63) is 63.5 Å². The standard InChI is InChI=1S/C19H13ClN2O4S2/c20-13-4-2-12(3-5-13)17(23)21-22-18(24)16(28-19(22)27)10-11-1-6-14-15(9-11)26-8-7-25-14/h1-6,9-10H,7-8H2,(H,21,23)/b16-10-. The third-order valence-electron chi connectivity index (χ3n) is 3.98. The van der Waals surface area contributed by atoms with E-state index in [1.807, 2.05) is 6.07 Å². The number of hydrogen-bond acceptors (Lipinski definition) is 6. The van der Waals surface area contributed by atoms with E-state index < -0.39 is 11.8 Å². The number of rotatable bonds is 3. The molecule has 2 aliphatic rings. The topological polar surface area (TPSA) is 67.9 Å². The van der Waals surface area contributed by atoms with E-state index in [9.17, 15) is 9.59 Å². The Bertz CT molecular complexity index is 1010. The average Bonchev–Trinajstić information content (AvgIpc) is 2.95. The van der Waals surface area contributed by atoms with E-state index in [0.717, 1.165) is 22.3 Å². The van der Waals surface area contributed by atoms with Gasteiger partial charge in [-0.1, -0.05) is 29.4 Å². The predicted octanol–water partition coefficient (Wildman–Crippen LogP) is 3.66. The molecule has 2 aliphatic heterocycles. The summed E-state index contributed by atoms with van der Waals surface area (Å²) in [5, 5.41) is 1.59. The van der Waals surface area contributed by atoms with Crippen LogP contribution >= 0.6 is 35.6 Å². The number of carbonyl (C=O) groups excluding carboxylic acids is 2.